The van der Waals surface area contributed by atoms with Crippen molar-refractivity contribution in [2.24, 2.45) is 0 Å². The maximum Gasteiger partial charge on any atom is 0.407 e. The van der Waals surface area contributed by atoms with Crippen molar-refractivity contribution in [3.05, 3.63) is 65.2 Å². The van der Waals surface area contributed by atoms with Crippen LogP contribution in [-0.4, -0.2) is 21.1 Å². The van der Waals surface area contributed by atoms with E-state index in [2.05, 4.69) is 5.32 Å². The molecular formula is C19H20ClNO4S. The zero-order valence-corrected chi connectivity index (χ0v) is 15.7. The van der Waals surface area contributed by atoms with Gasteiger partial charge in [-0.1, -0.05) is 36.4 Å². The van der Waals surface area contributed by atoms with Crippen LogP contribution in [0.1, 0.15) is 35.4 Å². The van der Waals surface area contributed by atoms with Crippen LogP contribution in [-0.2, 0) is 26.8 Å². The molecule has 0 aliphatic heterocycles. The first-order valence-corrected chi connectivity index (χ1v) is 10.8. The molecule has 138 valence electrons. The van der Waals surface area contributed by atoms with E-state index in [1.807, 2.05) is 30.3 Å². The number of nitrogens with one attached hydrogen (secondary N) is 1. The van der Waals surface area contributed by atoms with Crippen LogP contribution in [0.15, 0.2) is 53.4 Å². The summed E-state index contributed by atoms with van der Waals surface area (Å²) in [5.41, 5.74) is 2.96. The van der Waals surface area contributed by atoms with Gasteiger partial charge in [-0.3, -0.25) is 0 Å². The molecule has 1 atom stereocenters. The molecule has 1 aliphatic carbocycles. The lowest BCUT2D eigenvalue weighted by Gasteiger charge is -2.26. The second-order valence-electron chi connectivity index (χ2n) is 6.33. The smallest absolute Gasteiger partial charge is 0.407 e. The molecule has 5 nitrogen and oxygen atoms in total. The van der Waals surface area contributed by atoms with Gasteiger partial charge in [0.05, 0.1) is 4.90 Å². The Morgan fingerprint density at radius 2 is 1.96 bits per heavy atom. The number of rotatable bonds is 5. The summed E-state index contributed by atoms with van der Waals surface area (Å²) in [5, 5.41) is 2.80. The van der Waals surface area contributed by atoms with Crippen molar-refractivity contribution in [1.29, 1.82) is 0 Å². The lowest BCUT2D eigenvalue weighted by atomic mass is 9.83. The van der Waals surface area contributed by atoms with Gasteiger partial charge in [-0.15, -0.1) is 0 Å². The van der Waals surface area contributed by atoms with Crippen molar-refractivity contribution in [1.82, 2.24) is 5.32 Å². The predicted octanol–water partition coefficient (Wildman–Crippen LogP) is 3.96. The average molecular weight is 394 g/mol. The van der Waals surface area contributed by atoms with Crippen molar-refractivity contribution < 1.29 is 17.9 Å². The molecule has 1 unspecified atom stereocenters. The summed E-state index contributed by atoms with van der Waals surface area (Å²) in [7, 11) is 1.69. The Balaban J connectivity index is 1.59. The van der Waals surface area contributed by atoms with Crippen LogP contribution < -0.4 is 5.32 Å². The van der Waals surface area contributed by atoms with Crippen molar-refractivity contribution in [3.63, 3.8) is 0 Å². The number of fused-ring (bicyclic) bond motifs is 1. The first-order chi connectivity index (χ1) is 12.4. The number of hydrogen-bond donors (Lipinski definition) is 1. The van der Waals surface area contributed by atoms with E-state index < -0.39 is 15.1 Å². The first kappa shape index (κ1) is 18.7. The third-order valence-corrected chi connectivity index (χ3v) is 5.89. The molecule has 1 aliphatic rings. The molecule has 0 fully saturated rings. The molecule has 0 spiro atoms. The highest BCUT2D eigenvalue weighted by molar-refractivity contribution is 8.13. The van der Waals surface area contributed by atoms with E-state index in [9.17, 15) is 13.2 Å². The number of benzene rings is 2. The molecule has 7 heteroatoms. The summed E-state index contributed by atoms with van der Waals surface area (Å²) in [5.74, 6) is 0.134. The number of amides is 1. The largest absolute Gasteiger partial charge is 0.445 e. The second kappa shape index (κ2) is 8.10. The third-order valence-electron chi connectivity index (χ3n) is 4.54. The van der Waals surface area contributed by atoms with E-state index in [-0.39, 0.29) is 17.4 Å². The van der Waals surface area contributed by atoms with E-state index in [0.717, 1.165) is 36.0 Å². The minimum absolute atomic E-state index is 0.119. The van der Waals surface area contributed by atoms with E-state index in [0.29, 0.717) is 6.54 Å². The lowest BCUT2D eigenvalue weighted by Crippen LogP contribution is -2.30. The zero-order valence-electron chi connectivity index (χ0n) is 14.2. The maximum atomic E-state index is 11.9. The summed E-state index contributed by atoms with van der Waals surface area (Å²) >= 11 is 0. The van der Waals surface area contributed by atoms with E-state index in [1.54, 1.807) is 12.1 Å². The SMILES string of the molecule is O=C(NCC1CCCc2cc(S(=O)(=O)Cl)ccc21)OCc1ccccc1. The number of halogens is 1. The van der Waals surface area contributed by atoms with Crippen LogP contribution in [0, 0.1) is 0 Å². The fourth-order valence-electron chi connectivity index (χ4n) is 3.24. The fraction of sp³-hybridized carbons (Fsp3) is 0.316. The van der Waals surface area contributed by atoms with E-state index in [1.165, 1.54) is 6.07 Å². The highest BCUT2D eigenvalue weighted by atomic mass is 35.7. The van der Waals surface area contributed by atoms with Gasteiger partial charge in [0, 0.05) is 23.1 Å². The molecule has 0 radical (unpaired) electrons. The van der Waals surface area contributed by atoms with Crippen LogP contribution >= 0.6 is 10.7 Å². The van der Waals surface area contributed by atoms with Crippen molar-refractivity contribution in [2.45, 2.75) is 36.7 Å². The van der Waals surface area contributed by atoms with Crippen molar-refractivity contribution in [2.75, 3.05) is 6.54 Å². The predicted molar refractivity (Wildman–Crippen MR) is 99.8 cm³/mol. The molecule has 26 heavy (non-hydrogen) atoms. The number of ether oxygens (including phenoxy) is 1. The molecule has 1 N–H and O–H groups in total. The number of alkyl carbamates (subject to hydrolysis) is 1. The minimum atomic E-state index is -3.73. The van der Waals surface area contributed by atoms with Gasteiger partial charge in [-0.2, -0.15) is 0 Å². The quantitative estimate of drug-likeness (QED) is 0.780. The van der Waals surface area contributed by atoms with Gasteiger partial charge >= 0.3 is 6.09 Å². The highest BCUT2D eigenvalue weighted by Gasteiger charge is 2.23. The molecule has 0 saturated heterocycles. The molecular weight excluding hydrogens is 374 g/mol. The average Bonchev–Trinajstić information content (AvgIpc) is 2.64. The summed E-state index contributed by atoms with van der Waals surface area (Å²) < 4.78 is 28.2. The van der Waals surface area contributed by atoms with Gasteiger partial charge in [0.2, 0.25) is 0 Å². The van der Waals surface area contributed by atoms with Gasteiger partial charge in [0.15, 0.2) is 0 Å². The number of hydrogen-bond acceptors (Lipinski definition) is 4. The van der Waals surface area contributed by atoms with Gasteiger partial charge in [-0.25, -0.2) is 13.2 Å². The van der Waals surface area contributed by atoms with Crippen molar-refractivity contribution >= 4 is 25.8 Å². The van der Waals surface area contributed by atoms with Gasteiger partial charge in [0.1, 0.15) is 6.61 Å². The monoisotopic (exact) mass is 393 g/mol. The number of carbonyl (C=O) groups excluding carboxylic acids is 1. The Hall–Kier alpha value is -2.05. The van der Waals surface area contributed by atoms with E-state index >= 15 is 0 Å². The standard InChI is InChI=1S/C19H20ClNO4S/c20-26(23,24)17-9-10-18-15(11-17)7-4-8-16(18)12-21-19(22)25-13-14-5-2-1-3-6-14/h1-3,5-6,9-11,16H,4,7-8,12-13H2,(H,21,22). The van der Waals surface area contributed by atoms with Gasteiger partial charge in [-0.05, 0) is 48.1 Å². The molecule has 0 heterocycles. The maximum absolute atomic E-state index is 11.9. The van der Waals surface area contributed by atoms with Crippen LogP contribution in [0.2, 0.25) is 0 Å². The molecule has 2 aromatic rings. The van der Waals surface area contributed by atoms with Crippen LogP contribution in [0.5, 0.6) is 0 Å². The number of carbonyl (C=O) groups is 1. The Bertz CT molecular complexity index is 884. The minimum Gasteiger partial charge on any atom is -0.445 e. The molecule has 2 aromatic carbocycles. The zero-order chi connectivity index (χ0) is 18.6. The molecule has 0 bridgehead atoms. The van der Waals surface area contributed by atoms with Crippen LogP contribution in [0.3, 0.4) is 0 Å². The van der Waals surface area contributed by atoms with E-state index in [4.69, 9.17) is 15.4 Å². The van der Waals surface area contributed by atoms with Crippen molar-refractivity contribution in [3.8, 4) is 0 Å². The normalized spacial score (nSPS) is 16.6. The molecule has 1 amide bonds. The van der Waals surface area contributed by atoms with Gasteiger partial charge in [0.25, 0.3) is 9.05 Å². The highest BCUT2D eigenvalue weighted by Crippen LogP contribution is 2.33. The Labute approximate surface area is 157 Å². The fourth-order valence-corrected chi connectivity index (χ4v) is 4.04. The molecule has 3 rings (SSSR count). The van der Waals surface area contributed by atoms with Crippen LogP contribution in [0.4, 0.5) is 4.79 Å². The summed E-state index contributed by atoms with van der Waals surface area (Å²) in [4.78, 5) is 12.0. The molecule has 0 aromatic heterocycles. The number of aryl methyl sites for hydroxylation is 1. The topological polar surface area (TPSA) is 72.5 Å². The Kier molecular flexibility index (Phi) is 5.84. The summed E-state index contributed by atoms with van der Waals surface area (Å²) in [6, 6.07) is 14.4. The lowest BCUT2D eigenvalue weighted by molar-refractivity contribution is 0.139. The first-order valence-electron chi connectivity index (χ1n) is 8.45. The summed E-state index contributed by atoms with van der Waals surface area (Å²) in [6.07, 6.45) is 2.22. The van der Waals surface area contributed by atoms with Gasteiger partial charge < -0.3 is 10.1 Å². The third kappa shape index (κ3) is 4.77. The Morgan fingerprint density at radius 3 is 2.69 bits per heavy atom. The Morgan fingerprint density at radius 1 is 1.19 bits per heavy atom. The summed E-state index contributed by atoms with van der Waals surface area (Å²) in [6.45, 7) is 0.679. The second-order valence-corrected chi connectivity index (χ2v) is 8.90. The molecule has 0 saturated carbocycles. The van der Waals surface area contributed by atoms with Crippen LogP contribution in [0.25, 0.3) is 0 Å².